The summed E-state index contributed by atoms with van der Waals surface area (Å²) in [6.07, 6.45) is -9.01. The molecule has 0 amide bonds. The molecule has 0 radical (unpaired) electrons. The molecule has 1 fully saturated rings. The lowest BCUT2D eigenvalue weighted by atomic mass is 9.75. The fourth-order valence-electron chi connectivity index (χ4n) is 5.49. The Balaban J connectivity index is 1.57. The summed E-state index contributed by atoms with van der Waals surface area (Å²) in [4.78, 5) is 7.22. The Morgan fingerprint density at radius 2 is 1.56 bits per heavy atom. The van der Waals surface area contributed by atoms with Crippen molar-refractivity contribution in [3.63, 3.8) is 0 Å². The first-order valence-corrected chi connectivity index (χ1v) is 14.7. The fourth-order valence-corrected chi connectivity index (χ4v) is 5.79. The largest absolute Gasteiger partial charge is 0.416 e. The summed E-state index contributed by atoms with van der Waals surface area (Å²) in [6.45, 7) is 2.53. The first kappa shape index (κ1) is 35.0. The van der Waals surface area contributed by atoms with E-state index in [0.29, 0.717) is 60.9 Å². The lowest BCUT2D eigenvalue weighted by molar-refractivity contribution is -0.143. The zero-order valence-electron chi connectivity index (χ0n) is 24.5. The van der Waals surface area contributed by atoms with Crippen molar-refractivity contribution in [3.8, 4) is 0 Å². The number of alkyl halides is 6. The molecular formula is C32H32Cl2F6N2O3. The molecule has 244 valence electrons. The molecule has 1 saturated heterocycles. The highest BCUT2D eigenvalue weighted by molar-refractivity contribution is 6.42. The van der Waals surface area contributed by atoms with Crippen LogP contribution in [0.25, 0.3) is 0 Å². The molecule has 0 aliphatic carbocycles. The number of halogens is 8. The highest BCUT2D eigenvalue weighted by atomic mass is 35.5. The number of hydrogen-bond donors (Lipinski definition) is 1. The number of aliphatic hydroxyl groups is 1. The number of likely N-dealkylation sites (tertiary alicyclic amines) is 1. The first-order valence-electron chi connectivity index (χ1n) is 14.0. The smallest absolute Gasteiger partial charge is 0.399 e. The molecule has 13 heteroatoms. The minimum absolute atomic E-state index is 0.0693. The van der Waals surface area contributed by atoms with Gasteiger partial charge in [0.2, 0.25) is 0 Å². The SMILES string of the molecule is CO/N=C(\COCc1cc(C(F)(F)F)cc(C(F)(F)F)c1)C(C)(CCN1CCC(O)(c2ccccc2)C1)c1ccc(Cl)c(Cl)c1. The molecule has 3 aromatic carbocycles. The topological polar surface area (TPSA) is 54.3 Å². The van der Waals surface area contributed by atoms with Crippen molar-refractivity contribution in [1.82, 2.24) is 4.90 Å². The van der Waals surface area contributed by atoms with Crippen molar-refractivity contribution in [1.29, 1.82) is 0 Å². The van der Waals surface area contributed by atoms with Crippen molar-refractivity contribution in [2.24, 2.45) is 5.16 Å². The van der Waals surface area contributed by atoms with Crippen molar-refractivity contribution in [2.75, 3.05) is 33.4 Å². The number of hydrogen-bond acceptors (Lipinski definition) is 5. The van der Waals surface area contributed by atoms with E-state index in [1.165, 1.54) is 7.11 Å². The van der Waals surface area contributed by atoms with Crippen LogP contribution in [-0.2, 0) is 39.5 Å². The third kappa shape index (κ3) is 8.51. The molecule has 0 bridgehead atoms. The van der Waals surface area contributed by atoms with E-state index in [1.54, 1.807) is 18.2 Å². The van der Waals surface area contributed by atoms with Crippen molar-refractivity contribution in [3.05, 3.63) is 105 Å². The van der Waals surface area contributed by atoms with Gasteiger partial charge >= 0.3 is 12.4 Å². The lowest BCUT2D eigenvalue weighted by Crippen LogP contribution is -2.40. The highest BCUT2D eigenvalue weighted by Crippen LogP contribution is 2.38. The number of oxime groups is 1. The van der Waals surface area contributed by atoms with Gasteiger partial charge in [0, 0.05) is 18.5 Å². The van der Waals surface area contributed by atoms with Gasteiger partial charge in [0.1, 0.15) is 12.7 Å². The molecule has 2 unspecified atom stereocenters. The van der Waals surface area contributed by atoms with Crippen LogP contribution >= 0.6 is 23.2 Å². The Morgan fingerprint density at radius 3 is 2.13 bits per heavy atom. The van der Waals surface area contributed by atoms with Crippen LogP contribution in [-0.4, -0.2) is 49.1 Å². The van der Waals surface area contributed by atoms with Crippen LogP contribution in [0.3, 0.4) is 0 Å². The van der Waals surface area contributed by atoms with Gasteiger partial charge in [-0.05, 0) is 73.3 Å². The average molecular weight is 678 g/mol. The van der Waals surface area contributed by atoms with Crippen LogP contribution in [0, 0.1) is 0 Å². The predicted molar refractivity (Wildman–Crippen MR) is 160 cm³/mol. The summed E-state index contributed by atoms with van der Waals surface area (Å²) in [5.74, 6) is 0. The average Bonchev–Trinajstić information content (AvgIpc) is 3.38. The van der Waals surface area contributed by atoms with Crippen LogP contribution in [0.4, 0.5) is 26.3 Å². The predicted octanol–water partition coefficient (Wildman–Crippen LogP) is 8.49. The van der Waals surface area contributed by atoms with Crippen LogP contribution in [0.15, 0.2) is 71.9 Å². The number of benzene rings is 3. The molecule has 5 nitrogen and oxygen atoms in total. The van der Waals surface area contributed by atoms with E-state index in [9.17, 15) is 31.4 Å². The summed E-state index contributed by atoms with van der Waals surface area (Å²) >= 11 is 12.5. The molecule has 1 N–H and O–H groups in total. The molecule has 0 aromatic heterocycles. The van der Waals surface area contributed by atoms with E-state index < -0.39 is 41.1 Å². The molecule has 0 saturated carbocycles. The molecule has 0 spiro atoms. The highest BCUT2D eigenvalue weighted by Gasteiger charge is 2.40. The van der Waals surface area contributed by atoms with Crippen LogP contribution < -0.4 is 0 Å². The molecule has 1 heterocycles. The van der Waals surface area contributed by atoms with Crippen LogP contribution in [0.5, 0.6) is 0 Å². The second-order valence-corrected chi connectivity index (χ2v) is 12.1. The molecule has 1 aliphatic rings. The van der Waals surface area contributed by atoms with Gasteiger partial charge in [-0.15, -0.1) is 0 Å². The summed E-state index contributed by atoms with van der Waals surface area (Å²) in [5.41, 5.74) is -3.28. The molecule has 45 heavy (non-hydrogen) atoms. The molecule has 2 atom stereocenters. The van der Waals surface area contributed by atoms with Gasteiger partial charge < -0.3 is 14.7 Å². The van der Waals surface area contributed by atoms with Gasteiger partial charge in [0.05, 0.1) is 40.1 Å². The third-order valence-electron chi connectivity index (χ3n) is 8.12. The van der Waals surface area contributed by atoms with E-state index in [2.05, 4.69) is 10.1 Å². The maximum atomic E-state index is 13.4. The lowest BCUT2D eigenvalue weighted by Gasteiger charge is -2.33. The van der Waals surface area contributed by atoms with E-state index in [0.717, 1.165) is 5.56 Å². The second-order valence-electron chi connectivity index (χ2n) is 11.3. The minimum atomic E-state index is -4.98. The fraction of sp³-hybridized carbons (Fsp3) is 0.406. The number of rotatable bonds is 11. The molecular weight excluding hydrogens is 645 g/mol. The summed E-state index contributed by atoms with van der Waals surface area (Å²) in [7, 11) is 1.32. The number of β-amino-alcohol motifs (C(OH)–C–C–N with tert-alkyl or cyclic N) is 1. The number of ether oxygens (including phenoxy) is 1. The van der Waals surface area contributed by atoms with E-state index >= 15 is 0 Å². The summed E-state index contributed by atoms with van der Waals surface area (Å²) < 4.78 is 85.9. The van der Waals surface area contributed by atoms with E-state index in [4.69, 9.17) is 32.8 Å². The normalized spacial score (nSPS) is 19.5. The maximum Gasteiger partial charge on any atom is 0.416 e. The zero-order valence-corrected chi connectivity index (χ0v) is 26.0. The summed E-state index contributed by atoms with van der Waals surface area (Å²) in [5, 5.41) is 16.1. The Labute approximate surface area is 267 Å². The zero-order chi connectivity index (χ0) is 33.0. The van der Waals surface area contributed by atoms with Crippen molar-refractivity contribution < 1.29 is 41.0 Å². The standard InChI is InChI=1S/C32H32Cl2F6N2O3/c1-29(23-8-9-26(33)27(34)17-23,10-12-42-13-11-30(43,20-42)22-6-4-3-5-7-22)28(41-44-2)19-45-18-21-14-24(31(35,36)37)16-25(15-21)32(38,39)40/h3-9,14-17,43H,10-13,18-20H2,1-2H3/b41-28+. The van der Waals surface area contributed by atoms with Gasteiger partial charge in [0.15, 0.2) is 0 Å². The van der Waals surface area contributed by atoms with Crippen molar-refractivity contribution >= 4 is 28.9 Å². The summed E-state index contributed by atoms with van der Waals surface area (Å²) in [6, 6.07) is 15.7. The molecule has 1 aliphatic heterocycles. The second kappa shape index (κ2) is 13.9. The van der Waals surface area contributed by atoms with E-state index in [1.807, 2.05) is 37.3 Å². The minimum Gasteiger partial charge on any atom is -0.399 e. The van der Waals surface area contributed by atoms with Gasteiger partial charge in [-0.2, -0.15) is 26.3 Å². The van der Waals surface area contributed by atoms with Crippen LogP contribution in [0.2, 0.25) is 10.0 Å². The Hall–Kier alpha value is -2.83. The third-order valence-corrected chi connectivity index (χ3v) is 8.86. The maximum absolute atomic E-state index is 13.4. The quantitative estimate of drug-likeness (QED) is 0.126. The van der Waals surface area contributed by atoms with Crippen molar-refractivity contribution in [2.45, 2.75) is 49.7 Å². The Bertz CT molecular complexity index is 1470. The monoisotopic (exact) mass is 676 g/mol. The van der Waals surface area contributed by atoms with Gasteiger partial charge in [0.25, 0.3) is 0 Å². The van der Waals surface area contributed by atoms with Gasteiger partial charge in [-0.3, -0.25) is 4.90 Å². The van der Waals surface area contributed by atoms with Gasteiger partial charge in [-0.25, -0.2) is 0 Å². The Kier molecular flexibility index (Phi) is 10.8. The number of nitrogens with zero attached hydrogens (tertiary/aromatic N) is 2. The van der Waals surface area contributed by atoms with E-state index in [-0.39, 0.29) is 23.3 Å². The first-order chi connectivity index (χ1) is 21.0. The molecule has 3 aromatic rings. The molecule has 4 rings (SSSR count). The van der Waals surface area contributed by atoms with Gasteiger partial charge in [-0.1, -0.05) is 64.8 Å². The van der Waals surface area contributed by atoms with Crippen LogP contribution in [0.1, 0.15) is 47.6 Å². The Morgan fingerprint density at radius 1 is 0.911 bits per heavy atom.